The molecule has 0 atom stereocenters. The molecule has 2 aliphatic rings. The van der Waals surface area contributed by atoms with Crippen molar-refractivity contribution in [2.45, 2.75) is 51.4 Å². The summed E-state index contributed by atoms with van der Waals surface area (Å²) in [7, 11) is 0. The first-order valence-electron chi connectivity index (χ1n) is 9.42. The Morgan fingerprint density at radius 2 is 0.875 bits per heavy atom. The maximum Gasteiger partial charge on any atom is -0.0228 e. The van der Waals surface area contributed by atoms with Crippen molar-refractivity contribution in [1.82, 2.24) is 0 Å². The molecule has 0 nitrogen and oxygen atoms in total. The fourth-order valence-corrected chi connectivity index (χ4v) is 3.51. The predicted molar refractivity (Wildman–Crippen MR) is 106 cm³/mol. The molecule has 0 saturated carbocycles. The number of rotatable bonds is 2. The summed E-state index contributed by atoms with van der Waals surface area (Å²) in [4.78, 5) is 0. The van der Waals surface area contributed by atoms with Gasteiger partial charge in [-0.25, -0.2) is 0 Å². The second kappa shape index (κ2) is 9.27. The van der Waals surface area contributed by atoms with Crippen molar-refractivity contribution in [2.24, 2.45) is 0 Å². The molecule has 0 aromatic heterocycles. The molecular formula is C24H28. The van der Waals surface area contributed by atoms with E-state index >= 15 is 0 Å². The van der Waals surface area contributed by atoms with Crippen LogP contribution in [0.25, 0.3) is 11.1 Å². The number of benzene rings is 2. The van der Waals surface area contributed by atoms with Gasteiger partial charge >= 0.3 is 0 Å². The highest BCUT2D eigenvalue weighted by Gasteiger charge is 2.05. The van der Waals surface area contributed by atoms with Crippen LogP contribution in [-0.2, 0) is 0 Å². The Kier molecular flexibility index (Phi) is 6.48. The molecular weight excluding hydrogens is 288 g/mol. The van der Waals surface area contributed by atoms with Gasteiger partial charge in [0.05, 0.1) is 0 Å². The first-order chi connectivity index (χ1) is 11.9. The third-order valence-electron chi connectivity index (χ3n) is 4.87. The van der Waals surface area contributed by atoms with Gasteiger partial charge in [0, 0.05) is 0 Å². The number of hydrogen-bond donors (Lipinski definition) is 0. The number of hydrogen-bond acceptors (Lipinski definition) is 0. The van der Waals surface area contributed by atoms with Gasteiger partial charge in [-0.1, -0.05) is 72.8 Å². The molecule has 0 spiro atoms. The van der Waals surface area contributed by atoms with Crippen LogP contribution in [0.3, 0.4) is 0 Å². The fourth-order valence-electron chi connectivity index (χ4n) is 3.51. The molecule has 124 valence electrons. The Morgan fingerprint density at radius 3 is 1.21 bits per heavy atom. The Labute approximate surface area is 146 Å². The van der Waals surface area contributed by atoms with E-state index in [9.17, 15) is 0 Å². The summed E-state index contributed by atoms with van der Waals surface area (Å²) in [5.41, 5.74) is 5.91. The van der Waals surface area contributed by atoms with Crippen LogP contribution in [0.5, 0.6) is 0 Å². The Balaban J connectivity index is 0.000000141. The first kappa shape index (κ1) is 16.8. The highest BCUT2D eigenvalue weighted by atomic mass is 14.1. The standard InChI is InChI=1S/2C12H14/c2*1-3-7-11(8-4-1)12-9-5-2-6-10-12/h2*1,3-4,7-9H,2,5-6,10H2. The molecule has 0 amide bonds. The van der Waals surface area contributed by atoms with Gasteiger partial charge in [0.2, 0.25) is 0 Å². The lowest BCUT2D eigenvalue weighted by Crippen LogP contribution is -1.90. The van der Waals surface area contributed by atoms with Crippen molar-refractivity contribution in [2.75, 3.05) is 0 Å². The highest BCUT2D eigenvalue weighted by Crippen LogP contribution is 2.26. The molecule has 0 N–H and O–H groups in total. The Hall–Kier alpha value is -2.08. The second-order valence-corrected chi connectivity index (χ2v) is 6.68. The lowest BCUT2D eigenvalue weighted by Gasteiger charge is -2.12. The molecule has 0 unspecified atom stereocenters. The summed E-state index contributed by atoms with van der Waals surface area (Å²) in [6.07, 6.45) is 15.3. The van der Waals surface area contributed by atoms with Crippen molar-refractivity contribution in [3.8, 4) is 0 Å². The Morgan fingerprint density at radius 1 is 0.458 bits per heavy atom. The average molecular weight is 316 g/mol. The zero-order valence-electron chi connectivity index (χ0n) is 14.6. The normalized spacial score (nSPS) is 17.2. The van der Waals surface area contributed by atoms with Gasteiger partial charge in [0.15, 0.2) is 0 Å². The maximum absolute atomic E-state index is 2.39. The second-order valence-electron chi connectivity index (χ2n) is 6.68. The third kappa shape index (κ3) is 4.96. The van der Waals surface area contributed by atoms with Crippen LogP contribution in [0, 0.1) is 0 Å². The molecule has 0 heteroatoms. The van der Waals surface area contributed by atoms with Gasteiger partial charge in [-0.05, 0) is 73.6 Å². The van der Waals surface area contributed by atoms with E-state index in [0.717, 1.165) is 0 Å². The lowest BCUT2D eigenvalue weighted by molar-refractivity contribution is 0.742. The number of allylic oxidation sites excluding steroid dienone is 4. The smallest absolute Gasteiger partial charge is 0.0228 e. The van der Waals surface area contributed by atoms with E-state index < -0.39 is 0 Å². The van der Waals surface area contributed by atoms with E-state index in [2.05, 4.69) is 72.8 Å². The monoisotopic (exact) mass is 316 g/mol. The highest BCUT2D eigenvalue weighted by molar-refractivity contribution is 5.66. The summed E-state index contributed by atoms with van der Waals surface area (Å²) in [5.74, 6) is 0. The minimum absolute atomic E-state index is 1.27. The molecule has 2 aromatic carbocycles. The van der Waals surface area contributed by atoms with Gasteiger partial charge in [0.25, 0.3) is 0 Å². The largest absolute Gasteiger partial charge is 0.0807 e. The summed E-state index contributed by atoms with van der Waals surface area (Å²) in [6.45, 7) is 0. The SMILES string of the molecule is C1=C(c2ccccc2)CCCC1.C1=C(c2ccccc2)CCCC1. The van der Waals surface area contributed by atoms with Gasteiger partial charge in [-0.3, -0.25) is 0 Å². The van der Waals surface area contributed by atoms with Crippen molar-refractivity contribution in [3.63, 3.8) is 0 Å². The van der Waals surface area contributed by atoms with Crippen LogP contribution >= 0.6 is 0 Å². The summed E-state index contributed by atoms with van der Waals surface area (Å²) < 4.78 is 0. The van der Waals surface area contributed by atoms with Crippen molar-refractivity contribution >= 4 is 11.1 Å². The van der Waals surface area contributed by atoms with E-state index in [1.165, 1.54) is 62.5 Å². The zero-order chi connectivity index (χ0) is 16.5. The quantitative estimate of drug-likeness (QED) is 0.545. The molecule has 2 aromatic rings. The molecule has 2 aliphatic carbocycles. The third-order valence-corrected chi connectivity index (χ3v) is 4.87. The topological polar surface area (TPSA) is 0 Å². The minimum atomic E-state index is 1.27. The molecule has 4 rings (SSSR count). The molecule has 0 saturated heterocycles. The van der Waals surface area contributed by atoms with E-state index in [-0.39, 0.29) is 0 Å². The van der Waals surface area contributed by atoms with Crippen LogP contribution in [0.15, 0.2) is 72.8 Å². The average Bonchev–Trinajstić information content (AvgIpc) is 2.71. The molecule has 0 fully saturated rings. The van der Waals surface area contributed by atoms with Crippen LogP contribution < -0.4 is 0 Å². The lowest BCUT2D eigenvalue weighted by atomic mass is 9.94. The van der Waals surface area contributed by atoms with Crippen LogP contribution in [0.1, 0.15) is 62.5 Å². The van der Waals surface area contributed by atoms with Gasteiger partial charge in [-0.2, -0.15) is 0 Å². The fraction of sp³-hybridized carbons (Fsp3) is 0.333. The zero-order valence-corrected chi connectivity index (χ0v) is 14.6. The molecule has 0 heterocycles. The van der Waals surface area contributed by atoms with Crippen LogP contribution in [-0.4, -0.2) is 0 Å². The summed E-state index contributed by atoms with van der Waals surface area (Å²) >= 11 is 0. The minimum Gasteiger partial charge on any atom is -0.0807 e. The molecule has 0 radical (unpaired) electrons. The van der Waals surface area contributed by atoms with E-state index in [1.54, 1.807) is 11.1 Å². The van der Waals surface area contributed by atoms with Crippen LogP contribution in [0.2, 0.25) is 0 Å². The van der Waals surface area contributed by atoms with E-state index in [4.69, 9.17) is 0 Å². The first-order valence-corrected chi connectivity index (χ1v) is 9.42. The summed E-state index contributed by atoms with van der Waals surface area (Å²) in [6, 6.07) is 21.4. The van der Waals surface area contributed by atoms with E-state index in [1.807, 2.05) is 0 Å². The van der Waals surface area contributed by atoms with Crippen LogP contribution in [0.4, 0.5) is 0 Å². The van der Waals surface area contributed by atoms with Gasteiger partial charge in [0.1, 0.15) is 0 Å². The molecule has 0 bridgehead atoms. The summed E-state index contributed by atoms with van der Waals surface area (Å²) in [5, 5.41) is 0. The Bertz CT molecular complexity index is 600. The molecule has 0 aliphatic heterocycles. The predicted octanol–water partition coefficient (Wildman–Crippen LogP) is 7.29. The van der Waals surface area contributed by atoms with Gasteiger partial charge < -0.3 is 0 Å². The maximum atomic E-state index is 2.39. The van der Waals surface area contributed by atoms with Gasteiger partial charge in [-0.15, -0.1) is 0 Å². The van der Waals surface area contributed by atoms with Crippen molar-refractivity contribution in [1.29, 1.82) is 0 Å². The molecule has 24 heavy (non-hydrogen) atoms. The van der Waals surface area contributed by atoms with Crippen molar-refractivity contribution in [3.05, 3.63) is 83.9 Å². The van der Waals surface area contributed by atoms with Crippen molar-refractivity contribution < 1.29 is 0 Å². The van der Waals surface area contributed by atoms with E-state index in [0.29, 0.717) is 0 Å².